The Kier molecular flexibility index (Phi) is 4.83. The molecule has 94 valence electrons. The van der Waals surface area contributed by atoms with Crippen molar-refractivity contribution in [1.29, 1.82) is 0 Å². The van der Waals surface area contributed by atoms with Crippen molar-refractivity contribution in [3.8, 4) is 5.75 Å². The maximum absolute atomic E-state index is 5.34. The SMILES string of the molecule is COc1ccccc1CCNC1CCOCC1. The van der Waals surface area contributed by atoms with E-state index in [1.54, 1.807) is 7.11 Å². The average Bonchev–Trinajstić information content (AvgIpc) is 2.40. The number of benzene rings is 1. The van der Waals surface area contributed by atoms with Gasteiger partial charge in [0.1, 0.15) is 5.75 Å². The molecule has 0 spiro atoms. The molecule has 0 atom stereocenters. The third-order valence-electron chi connectivity index (χ3n) is 3.24. The van der Waals surface area contributed by atoms with Gasteiger partial charge in [0.25, 0.3) is 0 Å². The minimum atomic E-state index is 0.624. The fraction of sp³-hybridized carbons (Fsp3) is 0.571. The number of hydrogen-bond donors (Lipinski definition) is 1. The van der Waals surface area contributed by atoms with Gasteiger partial charge in [0, 0.05) is 19.3 Å². The van der Waals surface area contributed by atoms with E-state index in [2.05, 4.69) is 17.4 Å². The first kappa shape index (κ1) is 12.4. The molecule has 1 saturated heterocycles. The van der Waals surface area contributed by atoms with Crippen LogP contribution in [0.15, 0.2) is 24.3 Å². The second-order valence-corrected chi connectivity index (χ2v) is 4.40. The summed E-state index contributed by atoms with van der Waals surface area (Å²) in [6, 6.07) is 8.84. The molecule has 0 amide bonds. The number of methoxy groups -OCH3 is 1. The Hall–Kier alpha value is -1.06. The minimum Gasteiger partial charge on any atom is -0.496 e. The summed E-state index contributed by atoms with van der Waals surface area (Å²) >= 11 is 0. The molecule has 17 heavy (non-hydrogen) atoms. The lowest BCUT2D eigenvalue weighted by Gasteiger charge is -2.23. The molecule has 0 aromatic heterocycles. The van der Waals surface area contributed by atoms with E-state index in [0.29, 0.717) is 6.04 Å². The molecular formula is C14H21NO2. The van der Waals surface area contributed by atoms with Gasteiger partial charge >= 0.3 is 0 Å². The molecule has 0 radical (unpaired) electrons. The third kappa shape index (κ3) is 3.72. The summed E-state index contributed by atoms with van der Waals surface area (Å²) in [6.45, 7) is 2.80. The summed E-state index contributed by atoms with van der Waals surface area (Å²) in [5, 5.41) is 3.59. The summed E-state index contributed by atoms with van der Waals surface area (Å²) in [5.74, 6) is 0.987. The molecule has 3 heteroatoms. The Morgan fingerprint density at radius 3 is 2.82 bits per heavy atom. The van der Waals surface area contributed by atoms with Crippen molar-refractivity contribution >= 4 is 0 Å². The largest absolute Gasteiger partial charge is 0.496 e. The highest BCUT2D eigenvalue weighted by atomic mass is 16.5. The first-order chi connectivity index (χ1) is 8.40. The zero-order valence-corrected chi connectivity index (χ0v) is 10.4. The van der Waals surface area contributed by atoms with Crippen LogP contribution in [0.5, 0.6) is 5.75 Å². The van der Waals surface area contributed by atoms with Crippen LogP contribution < -0.4 is 10.1 Å². The fourth-order valence-corrected chi connectivity index (χ4v) is 2.22. The number of rotatable bonds is 5. The van der Waals surface area contributed by atoms with Crippen LogP contribution in [-0.4, -0.2) is 32.9 Å². The maximum atomic E-state index is 5.34. The molecule has 0 bridgehead atoms. The lowest BCUT2D eigenvalue weighted by molar-refractivity contribution is 0.0782. The van der Waals surface area contributed by atoms with Crippen molar-refractivity contribution in [2.24, 2.45) is 0 Å². The standard InChI is InChI=1S/C14H21NO2/c1-16-14-5-3-2-4-12(14)6-9-15-13-7-10-17-11-8-13/h2-5,13,15H,6-11H2,1H3. The molecule has 1 heterocycles. The van der Waals surface area contributed by atoms with Gasteiger partial charge in [-0.1, -0.05) is 18.2 Å². The van der Waals surface area contributed by atoms with Crippen LogP contribution in [0.4, 0.5) is 0 Å². The van der Waals surface area contributed by atoms with E-state index in [0.717, 1.165) is 44.8 Å². The van der Waals surface area contributed by atoms with E-state index in [1.165, 1.54) is 5.56 Å². The van der Waals surface area contributed by atoms with Gasteiger partial charge in [-0.05, 0) is 37.4 Å². The second kappa shape index (κ2) is 6.62. The molecule has 1 aliphatic heterocycles. The quantitative estimate of drug-likeness (QED) is 0.847. The summed E-state index contributed by atoms with van der Waals surface area (Å²) in [6.07, 6.45) is 3.28. The summed E-state index contributed by atoms with van der Waals surface area (Å²) in [5.41, 5.74) is 1.27. The minimum absolute atomic E-state index is 0.624. The van der Waals surface area contributed by atoms with Crippen LogP contribution in [0.25, 0.3) is 0 Å². The van der Waals surface area contributed by atoms with Gasteiger partial charge in [0.05, 0.1) is 7.11 Å². The van der Waals surface area contributed by atoms with Crippen molar-refractivity contribution in [1.82, 2.24) is 5.32 Å². The van der Waals surface area contributed by atoms with Crippen molar-refractivity contribution < 1.29 is 9.47 Å². The van der Waals surface area contributed by atoms with Crippen molar-refractivity contribution in [2.45, 2.75) is 25.3 Å². The molecule has 0 saturated carbocycles. The van der Waals surface area contributed by atoms with Crippen LogP contribution in [0, 0.1) is 0 Å². The van der Waals surface area contributed by atoms with E-state index in [1.807, 2.05) is 12.1 Å². The molecule has 0 aliphatic carbocycles. The second-order valence-electron chi connectivity index (χ2n) is 4.40. The predicted molar refractivity (Wildman–Crippen MR) is 68.5 cm³/mol. The van der Waals surface area contributed by atoms with Crippen LogP contribution in [-0.2, 0) is 11.2 Å². The van der Waals surface area contributed by atoms with Crippen LogP contribution in [0.3, 0.4) is 0 Å². The van der Waals surface area contributed by atoms with Crippen molar-refractivity contribution in [3.05, 3.63) is 29.8 Å². The topological polar surface area (TPSA) is 30.5 Å². The predicted octanol–water partition coefficient (Wildman–Crippen LogP) is 2.01. The highest BCUT2D eigenvalue weighted by Gasteiger charge is 2.12. The van der Waals surface area contributed by atoms with E-state index < -0.39 is 0 Å². The Labute approximate surface area is 103 Å². The van der Waals surface area contributed by atoms with Gasteiger partial charge in [-0.15, -0.1) is 0 Å². The summed E-state index contributed by atoms with van der Waals surface area (Å²) in [7, 11) is 1.73. The van der Waals surface area contributed by atoms with Gasteiger partial charge in [-0.2, -0.15) is 0 Å². The smallest absolute Gasteiger partial charge is 0.122 e. The Balaban J connectivity index is 1.77. The van der Waals surface area contributed by atoms with Crippen LogP contribution in [0.2, 0.25) is 0 Å². The van der Waals surface area contributed by atoms with Gasteiger partial charge in [0.2, 0.25) is 0 Å². The van der Waals surface area contributed by atoms with Gasteiger partial charge < -0.3 is 14.8 Å². The van der Waals surface area contributed by atoms with E-state index in [4.69, 9.17) is 9.47 Å². The highest BCUT2D eigenvalue weighted by Crippen LogP contribution is 2.17. The maximum Gasteiger partial charge on any atom is 0.122 e. The monoisotopic (exact) mass is 235 g/mol. The van der Waals surface area contributed by atoms with Gasteiger partial charge in [-0.25, -0.2) is 0 Å². The Morgan fingerprint density at radius 1 is 1.29 bits per heavy atom. The highest BCUT2D eigenvalue weighted by molar-refractivity contribution is 5.33. The van der Waals surface area contributed by atoms with Crippen LogP contribution >= 0.6 is 0 Å². The first-order valence-electron chi connectivity index (χ1n) is 6.33. The lowest BCUT2D eigenvalue weighted by atomic mass is 10.1. The van der Waals surface area contributed by atoms with E-state index in [-0.39, 0.29) is 0 Å². The molecule has 1 N–H and O–H groups in total. The van der Waals surface area contributed by atoms with E-state index >= 15 is 0 Å². The molecule has 1 aromatic rings. The summed E-state index contributed by atoms with van der Waals surface area (Å²) in [4.78, 5) is 0. The zero-order chi connectivity index (χ0) is 11.9. The summed E-state index contributed by atoms with van der Waals surface area (Å²) < 4.78 is 10.7. The van der Waals surface area contributed by atoms with Crippen molar-refractivity contribution in [3.63, 3.8) is 0 Å². The molecule has 2 rings (SSSR count). The van der Waals surface area contributed by atoms with Crippen molar-refractivity contribution in [2.75, 3.05) is 26.9 Å². The van der Waals surface area contributed by atoms with Gasteiger partial charge in [0.15, 0.2) is 0 Å². The first-order valence-corrected chi connectivity index (χ1v) is 6.33. The number of hydrogen-bond acceptors (Lipinski definition) is 3. The number of para-hydroxylation sites is 1. The fourth-order valence-electron chi connectivity index (χ4n) is 2.22. The normalized spacial score (nSPS) is 17.0. The lowest BCUT2D eigenvalue weighted by Crippen LogP contribution is -2.35. The molecule has 3 nitrogen and oxygen atoms in total. The molecule has 1 aromatic carbocycles. The molecular weight excluding hydrogens is 214 g/mol. The molecule has 1 fully saturated rings. The van der Waals surface area contributed by atoms with Crippen LogP contribution in [0.1, 0.15) is 18.4 Å². The molecule has 1 aliphatic rings. The average molecular weight is 235 g/mol. The zero-order valence-electron chi connectivity index (χ0n) is 10.4. The van der Waals surface area contributed by atoms with E-state index in [9.17, 15) is 0 Å². The Morgan fingerprint density at radius 2 is 2.06 bits per heavy atom. The van der Waals surface area contributed by atoms with Gasteiger partial charge in [-0.3, -0.25) is 0 Å². The Bertz CT molecular complexity index is 335. The third-order valence-corrected chi connectivity index (χ3v) is 3.24. The molecule has 0 unspecified atom stereocenters. The number of ether oxygens (including phenoxy) is 2. The number of nitrogens with one attached hydrogen (secondary N) is 1.